The number of nitrogens with one attached hydrogen (secondary N) is 1. The average molecular weight is 388 g/mol. The van der Waals surface area contributed by atoms with Crippen molar-refractivity contribution in [2.75, 3.05) is 5.32 Å². The number of carbonyl (C=O) groups excluding carboxylic acids is 1. The average Bonchev–Trinajstić information content (AvgIpc) is 3.27. The van der Waals surface area contributed by atoms with Crippen LogP contribution in [0, 0.1) is 5.92 Å². The Morgan fingerprint density at radius 3 is 2.96 bits per heavy atom. The summed E-state index contributed by atoms with van der Waals surface area (Å²) in [6.45, 7) is 0. The van der Waals surface area contributed by atoms with Crippen LogP contribution in [0.1, 0.15) is 42.5 Å². The standard InChI is InChI=1S/C18H18ClN5OS/c19-16-14(7-9-26-16)22-18(25)13-11-21-24-8-6-15(23-17(13)24)20-10-12-4-2-1-3-5-12/h6-12H,1-5H2,(H,22,25). The molecule has 3 aromatic heterocycles. The zero-order valence-electron chi connectivity index (χ0n) is 14.1. The summed E-state index contributed by atoms with van der Waals surface area (Å²) in [5.41, 5.74) is 1.46. The molecule has 0 spiro atoms. The van der Waals surface area contributed by atoms with Crippen LogP contribution in [0.2, 0.25) is 4.34 Å². The molecular weight excluding hydrogens is 370 g/mol. The lowest BCUT2D eigenvalue weighted by Crippen LogP contribution is -2.11. The number of nitrogens with zero attached hydrogens (tertiary/aromatic N) is 4. The molecule has 1 amide bonds. The highest BCUT2D eigenvalue weighted by atomic mass is 35.5. The van der Waals surface area contributed by atoms with E-state index in [2.05, 4.69) is 20.4 Å². The van der Waals surface area contributed by atoms with Gasteiger partial charge in [-0.2, -0.15) is 5.10 Å². The Morgan fingerprint density at radius 2 is 2.19 bits per heavy atom. The number of amides is 1. The molecule has 26 heavy (non-hydrogen) atoms. The van der Waals surface area contributed by atoms with E-state index in [9.17, 15) is 4.79 Å². The van der Waals surface area contributed by atoms with Gasteiger partial charge in [0.05, 0.1) is 11.9 Å². The Hall–Kier alpha value is -2.25. The lowest BCUT2D eigenvalue weighted by atomic mass is 9.90. The van der Waals surface area contributed by atoms with Gasteiger partial charge in [-0.15, -0.1) is 11.3 Å². The molecule has 0 radical (unpaired) electrons. The normalized spacial score (nSPS) is 15.7. The number of rotatable bonds is 4. The number of aromatic nitrogens is 3. The van der Waals surface area contributed by atoms with E-state index < -0.39 is 0 Å². The molecule has 1 aliphatic carbocycles. The van der Waals surface area contributed by atoms with E-state index in [0.717, 1.165) is 0 Å². The zero-order valence-corrected chi connectivity index (χ0v) is 15.6. The lowest BCUT2D eigenvalue weighted by Gasteiger charge is -2.16. The number of anilines is 1. The van der Waals surface area contributed by atoms with Crippen molar-refractivity contribution < 1.29 is 4.79 Å². The van der Waals surface area contributed by atoms with Gasteiger partial charge in [-0.1, -0.05) is 30.9 Å². The fourth-order valence-electron chi connectivity index (χ4n) is 3.13. The van der Waals surface area contributed by atoms with Crippen molar-refractivity contribution >= 4 is 52.2 Å². The fourth-order valence-corrected chi connectivity index (χ4v) is 3.96. The number of carbonyl (C=O) groups is 1. The topological polar surface area (TPSA) is 71.7 Å². The third kappa shape index (κ3) is 3.64. The van der Waals surface area contributed by atoms with Gasteiger partial charge in [-0.3, -0.25) is 4.79 Å². The molecule has 0 saturated heterocycles. The summed E-state index contributed by atoms with van der Waals surface area (Å²) in [5, 5.41) is 8.81. The molecule has 1 N–H and O–H groups in total. The number of hydrogen-bond acceptors (Lipinski definition) is 5. The zero-order chi connectivity index (χ0) is 17.9. The first-order valence-electron chi connectivity index (χ1n) is 8.63. The molecule has 4 rings (SSSR count). The Balaban J connectivity index is 1.57. The Kier molecular flexibility index (Phi) is 4.99. The number of halogens is 1. The van der Waals surface area contributed by atoms with Crippen molar-refractivity contribution in [2.45, 2.75) is 32.1 Å². The highest BCUT2D eigenvalue weighted by Crippen LogP contribution is 2.28. The van der Waals surface area contributed by atoms with E-state index in [1.807, 2.05) is 11.6 Å². The summed E-state index contributed by atoms with van der Waals surface area (Å²) >= 11 is 7.42. The van der Waals surface area contributed by atoms with E-state index in [1.165, 1.54) is 49.6 Å². The summed E-state index contributed by atoms with van der Waals surface area (Å²) in [6, 6.07) is 3.57. The van der Waals surface area contributed by atoms with Gasteiger partial charge in [0.15, 0.2) is 11.5 Å². The highest BCUT2D eigenvalue weighted by Gasteiger charge is 2.16. The first-order chi connectivity index (χ1) is 12.7. The van der Waals surface area contributed by atoms with Crippen LogP contribution in [0.5, 0.6) is 0 Å². The maximum absolute atomic E-state index is 12.6. The van der Waals surface area contributed by atoms with Crippen molar-refractivity contribution in [1.82, 2.24) is 14.6 Å². The Bertz CT molecular complexity index is 958. The number of hydrogen-bond donors (Lipinski definition) is 1. The lowest BCUT2D eigenvalue weighted by molar-refractivity contribution is 0.102. The van der Waals surface area contributed by atoms with Crippen molar-refractivity contribution in [3.8, 4) is 0 Å². The third-order valence-electron chi connectivity index (χ3n) is 4.53. The van der Waals surface area contributed by atoms with Crippen LogP contribution in [0.4, 0.5) is 11.5 Å². The second-order valence-corrected chi connectivity index (χ2v) is 7.87. The first-order valence-corrected chi connectivity index (χ1v) is 9.89. The van der Waals surface area contributed by atoms with Crippen molar-refractivity contribution in [3.05, 3.63) is 39.8 Å². The van der Waals surface area contributed by atoms with Crippen molar-refractivity contribution in [3.63, 3.8) is 0 Å². The molecule has 0 unspecified atom stereocenters. The van der Waals surface area contributed by atoms with Gasteiger partial charge in [-0.05, 0) is 30.2 Å². The summed E-state index contributed by atoms with van der Waals surface area (Å²) in [4.78, 5) is 21.6. The number of fused-ring (bicyclic) bond motifs is 1. The molecule has 1 fully saturated rings. The minimum atomic E-state index is -0.291. The smallest absolute Gasteiger partial charge is 0.261 e. The molecule has 0 atom stereocenters. The molecule has 0 aromatic carbocycles. The summed E-state index contributed by atoms with van der Waals surface area (Å²) in [5.74, 6) is 0.822. The van der Waals surface area contributed by atoms with Gasteiger partial charge < -0.3 is 5.32 Å². The summed E-state index contributed by atoms with van der Waals surface area (Å²) in [6.07, 6.45) is 11.5. The minimum Gasteiger partial charge on any atom is -0.320 e. The van der Waals surface area contributed by atoms with E-state index >= 15 is 0 Å². The highest BCUT2D eigenvalue weighted by molar-refractivity contribution is 7.15. The SMILES string of the molecule is O=C(Nc1ccsc1Cl)c1cnn2ccc(N=CC3CCCCC3)nc12. The number of aliphatic imine (C=N–C) groups is 1. The molecule has 0 bridgehead atoms. The van der Waals surface area contributed by atoms with Crippen LogP contribution in [0.25, 0.3) is 5.65 Å². The van der Waals surface area contributed by atoms with Crippen molar-refractivity contribution in [1.29, 1.82) is 0 Å². The molecule has 0 aliphatic heterocycles. The van der Waals surface area contributed by atoms with Gasteiger partial charge >= 0.3 is 0 Å². The number of thiophene rings is 1. The van der Waals surface area contributed by atoms with Gasteiger partial charge in [-0.25, -0.2) is 14.5 Å². The summed E-state index contributed by atoms with van der Waals surface area (Å²) in [7, 11) is 0. The van der Waals surface area contributed by atoms with Crippen molar-refractivity contribution in [2.24, 2.45) is 10.9 Å². The monoisotopic (exact) mass is 387 g/mol. The molecular formula is C18H18ClN5OS. The second-order valence-electron chi connectivity index (χ2n) is 6.35. The van der Waals surface area contributed by atoms with Crippen LogP contribution >= 0.6 is 22.9 Å². The predicted octanol–water partition coefficient (Wildman–Crippen LogP) is 4.98. The first kappa shape index (κ1) is 17.2. The van der Waals surface area contributed by atoms with E-state index in [0.29, 0.717) is 33.0 Å². The molecule has 6 nitrogen and oxygen atoms in total. The minimum absolute atomic E-state index is 0.291. The quantitative estimate of drug-likeness (QED) is 0.641. The van der Waals surface area contributed by atoms with Crippen LogP contribution in [-0.4, -0.2) is 26.7 Å². The molecule has 134 valence electrons. The molecule has 1 saturated carbocycles. The fraction of sp³-hybridized carbons (Fsp3) is 0.333. The van der Waals surface area contributed by atoms with Gasteiger partial charge in [0, 0.05) is 18.5 Å². The molecule has 3 aromatic rings. The van der Waals surface area contributed by atoms with Gasteiger partial charge in [0.25, 0.3) is 5.91 Å². The second kappa shape index (κ2) is 7.55. The Labute approximate surface area is 159 Å². The van der Waals surface area contributed by atoms with Crippen LogP contribution in [-0.2, 0) is 0 Å². The molecule has 8 heteroatoms. The van der Waals surface area contributed by atoms with E-state index in [-0.39, 0.29) is 5.91 Å². The Morgan fingerprint density at radius 1 is 1.35 bits per heavy atom. The van der Waals surface area contributed by atoms with Gasteiger partial charge in [0.2, 0.25) is 0 Å². The molecule has 3 heterocycles. The van der Waals surface area contributed by atoms with E-state index in [1.54, 1.807) is 22.8 Å². The van der Waals surface area contributed by atoms with Crippen LogP contribution < -0.4 is 5.32 Å². The maximum Gasteiger partial charge on any atom is 0.261 e. The predicted molar refractivity (Wildman–Crippen MR) is 105 cm³/mol. The largest absolute Gasteiger partial charge is 0.320 e. The maximum atomic E-state index is 12.6. The molecule has 1 aliphatic rings. The van der Waals surface area contributed by atoms with E-state index in [4.69, 9.17) is 11.6 Å². The summed E-state index contributed by atoms with van der Waals surface area (Å²) < 4.78 is 2.12. The third-order valence-corrected chi connectivity index (χ3v) is 5.70. The van der Waals surface area contributed by atoms with Gasteiger partial charge in [0.1, 0.15) is 9.90 Å². The van der Waals surface area contributed by atoms with Crippen LogP contribution in [0.3, 0.4) is 0 Å². The van der Waals surface area contributed by atoms with Crippen LogP contribution in [0.15, 0.2) is 34.9 Å².